The molecule has 0 saturated carbocycles. The van der Waals surface area contributed by atoms with Gasteiger partial charge in [-0.05, 0) is 40.8 Å². The molecule has 120 valence electrons. The first-order valence-electron chi connectivity index (χ1n) is 8.08. The van der Waals surface area contributed by atoms with E-state index in [1.165, 1.54) is 16.3 Å². The number of hydrogen-bond acceptors (Lipinski definition) is 2. The SMILES string of the molecule is CCC(C)c1ccc2cc(OC(OC)C(C)(C)C)ccc2c1. The zero-order valence-electron chi connectivity index (χ0n) is 14.6. The van der Waals surface area contributed by atoms with Crippen LogP contribution < -0.4 is 4.74 Å². The second kappa shape index (κ2) is 6.70. The van der Waals surface area contributed by atoms with Crippen molar-refractivity contribution in [2.45, 2.75) is 53.2 Å². The molecule has 22 heavy (non-hydrogen) atoms. The van der Waals surface area contributed by atoms with Gasteiger partial charge in [0.25, 0.3) is 0 Å². The van der Waals surface area contributed by atoms with Crippen molar-refractivity contribution in [3.63, 3.8) is 0 Å². The smallest absolute Gasteiger partial charge is 0.204 e. The molecule has 0 aliphatic heterocycles. The lowest BCUT2D eigenvalue weighted by Gasteiger charge is -2.29. The van der Waals surface area contributed by atoms with E-state index < -0.39 is 0 Å². The van der Waals surface area contributed by atoms with Crippen LogP contribution in [0.15, 0.2) is 36.4 Å². The van der Waals surface area contributed by atoms with Crippen molar-refractivity contribution in [2.75, 3.05) is 7.11 Å². The van der Waals surface area contributed by atoms with E-state index in [1.54, 1.807) is 7.11 Å². The number of rotatable bonds is 5. The van der Waals surface area contributed by atoms with Gasteiger partial charge < -0.3 is 9.47 Å². The number of fused-ring (bicyclic) bond motifs is 1. The molecule has 0 amide bonds. The Morgan fingerprint density at radius 3 is 2.23 bits per heavy atom. The molecule has 2 aromatic carbocycles. The van der Waals surface area contributed by atoms with Crippen LogP contribution in [0.2, 0.25) is 0 Å². The van der Waals surface area contributed by atoms with Gasteiger partial charge in [0.2, 0.25) is 6.29 Å². The van der Waals surface area contributed by atoms with Crippen molar-refractivity contribution in [2.24, 2.45) is 5.41 Å². The van der Waals surface area contributed by atoms with E-state index in [0.717, 1.165) is 12.2 Å². The van der Waals surface area contributed by atoms with Crippen molar-refractivity contribution >= 4 is 10.8 Å². The number of methoxy groups -OCH3 is 1. The summed E-state index contributed by atoms with van der Waals surface area (Å²) in [6.07, 6.45) is 0.901. The highest BCUT2D eigenvalue weighted by Gasteiger charge is 2.26. The van der Waals surface area contributed by atoms with E-state index in [0.29, 0.717) is 5.92 Å². The highest BCUT2D eigenvalue weighted by Crippen LogP contribution is 2.29. The molecular formula is C20H28O2. The van der Waals surface area contributed by atoms with Crippen LogP contribution in [0.4, 0.5) is 0 Å². The average molecular weight is 300 g/mol. The Balaban J connectivity index is 2.28. The topological polar surface area (TPSA) is 18.5 Å². The van der Waals surface area contributed by atoms with Gasteiger partial charge in [-0.3, -0.25) is 0 Å². The molecule has 0 fully saturated rings. The van der Waals surface area contributed by atoms with E-state index >= 15 is 0 Å². The van der Waals surface area contributed by atoms with Crippen molar-refractivity contribution in [1.29, 1.82) is 0 Å². The van der Waals surface area contributed by atoms with Crippen LogP contribution in [-0.2, 0) is 4.74 Å². The predicted octanol–water partition coefficient (Wildman–Crippen LogP) is 5.75. The summed E-state index contributed by atoms with van der Waals surface area (Å²) in [5.41, 5.74) is 1.33. The first-order valence-corrected chi connectivity index (χ1v) is 8.08. The van der Waals surface area contributed by atoms with Crippen molar-refractivity contribution < 1.29 is 9.47 Å². The minimum atomic E-state index is -0.260. The van der Waals surface area contributed by atoms with Crippen molar-refractivity contribution in [3.05, 3.63) is 42.0 Å². The van der Waals surface area contributed by atoms with Gasteiger partial charge in [-0.15, -0.1) is 0 Å². The van der Waals surface area contributed by atoms with Crippen LogP contribution in [0.3, 0.4) is 0 Å². The molecular weight excluding hydrogens is 272 g/mol. The van der Waals surface area contributed by atoms with Gasteiger partial charge in [-0.1, -0.05) is 58.9 Å². The summed E-state index contributed by atoms with van der Waals surface area (Å²) in [4.78, 5) is 0. The molecule has 0 spiro atoms. The molecule has 0 heterocycles. The Hall–Kier alpha value is -1.54. The molecule has 0 radical (unpaired) electrons. The summed E-state index contributed by atoms with van der Waals surface area (Å²) >= 11 is 0. The Kier molecular flexibility index (Phi) is 5.12. The lowest BCUT2D eigenvalue weighted by Crippen LogP contribution is -2.33. The van der Waals surface area contributed by atoms with Gasteiger partial charge in [0.1, 0.15) is 5.75 Å². The average Bonchev–Trinajstić information content (AvgIpc) is 2.50. The van der Waals surface area contributed by atoms with Gasteiger partial charge in [-0.25, -0.2) is 0 Å². The molecule has 2 atom stereocenters. The zero-order chi connectivity index (χ0) is 16.3. The van der Waals surface area contributed by atoms with Gasteiger partial charge in [-0.2, -0.15) is 0 Å². The van der Waals surface area contributed by atoms with Crippen LogP contribution in [-0.4, -0.2) is 13.4 Å². The molecule has 2 nitrogen and oxygen atoms in total. The quantitative estimate of drug-likeness (QED) is 0.654. The van der Waals surface area contributed by atoms with Crippen LogP contribution in [0, 0.1) is 5.41 Å². The Morgan fingerprint density at radius 1 is 1.00 bits per heavy atom. The fourth-order valence-corrected chi connectivity index (χ4v) is 2.56. The molecule has 0 aromatic heterocycles. The maximum absolute atomic E-state index is 6.01. The van der Waals surface area contributed by atoms with Crippen LogP contribution in [0.1, 0.15) is 52.5 Å². The molecule has 2 unspecified atom stereocenters. The van der Waals surface area contributed by atoms with E-state index in [1.807, 2.05) is 6.07 Å². The third kappa shape index (κ3) is 3.80. The van der Waals surface area contributed by atoms with Gasteiger partial charge >= 0.3 is 0 Å². The van der Waals surface area contributed by atoms with Crippen LogP contribution in [0.25, 0.3) is 10.8 Å². The molecule has 2 aromatic rings. The number of ether oxygens (including phenoxy) is 2. The molecule has 0 bridgehead atoms. The number of hydrogen-bond donors (Lipinski definition) is 0. The summed E-state index contributed by atoms with van der Waals surface area (Å²) < 4.78 is 11.5. The monoisotopic (exact) mass is 300 g/mol. The van der Waals surface area contributed by atoms with E-state index in [2.05, 4.69) is 65.0 Å². The third-order valence-corrected chi connectivity index (χ3v) is 4.18. The van der Waals surface area contributed by atoms with Gasteiger partial charge in [0.05, 0.1) is 0 Å². The highest BCUT2D eigenvalue weighted by molar-refractivity contribution is 5.84. The fourth-order valence-electron chi connectivity index (χ4n) is 2.56. The van der Waals surface area contributed by atoms with Gasteiger partial charge in [0, 0.05) is 12.5 Å². The van der Waals surface area contributed by atoms with E-state index in [-0.39, 0.29) is 11.7 Å². The zero-order valence-corrected chi connectivity index (χ0v) is 14.6. The Bertz CT molecular complexity index is 625. The van der Waals surface area contributed by atoms with Crippen molar-refractivity contribution in [1.82, 2.24) is 0 Å². The summed E-state index contributed by atoms with van der Waals surface area (Å²) in [5, 5.41) is 2.46. The summed E-state index contributed by atoms with van der Waals surface area (Å²) in [6, 6.07) is 12.9. The maximum Gasteiger partial charge on any atom is 0.204 e. The van der Waals surface area contributed by atoms with Gasteiger partial charge in [0.15, 0.2) is 0 Å². The number of benzene rings is 2. The Labute approximate surface area is 134 Å². The van der Waals surface area contributed by atoms with Crippen molar-refractivity contribution in [3.8, 4) is 5.75 Å². The minimum Gasteiger partial charge on any atom is -0.464 e. The molecule has 0 N–H and O–H groups in total. The van der Waals surface area contributed by atoms with E-state index in [4.69, 9.17) is 9.47 Å². The normalized spacial score (nSPS) is 14.8. The van der Waals surface area contributed by atoms with E-state index in [9.17, 15) is 0 Å². The summed E-state index contributed by atoms with van der Waals surface area (Å²) in [5.74, 6) is 1.45. The summed E-state index contributed by atoms with van der Waals surface area (Å²) in [6.45, 7) is 10.8. The Morgan fingerprint density at radius 2 is 1.64 bits per heavy atom. The maximum atomic E-state index is 6.01. The molecule has 0 aliphatic rings. The first-order chi connectivity index (χ1) is 10.3. The predicted molar refractivity (Wildman–Crippen MR) is 93.5 cm³/mol. The standard InChI is InChI=1S/C20H28O2/c1-7-14(2)15-8-9-17-13-18(11-10-16(17)12-15)22-19(21-6)20(3,4)5/h8-14,19H,7H2,1-6H3. The lowest BCUT2D eigenvalue weighted by atomic mass is 9.95. The highest BCUT2D eigenvalue weighted by atomic mass is 16.7. The first kappa shape index (κ1) is 16.8. The van der Waals surface area contributed by atoms with Crippen LogP contribution in [0.5, 0.6) is 5.75 Å². The third-order valence-electron chi connectivity index (χ3n) is 4.18. The molecule has 2 heteroatoms. The minimum absolute atomic E-state index is 0.0654. The second-order valence-electron chi connectivity index (χ2n) is 7.13. The molecule has 0 saturated heterocycles. The molecule has 0 aliphatic carbocycles. The lowest BCUT2D eigenvalue weighted by molar-refractivity contribution is -0.120. The summed E-state index contributed by atoms with van der Waals surface area (Å²) in [7, 11) is 1.69. The molecule has 2 rings (SSSR count). The largest absolute Gasteiger partial charge is 0.464 e. The fraction of sp³-hybridized carbons (Fsp3) is 0.500. The second-order valence-corrected chi connectivity index (χ2v) is 7.13. The van der Waals surface area contributed by atoms with Crippen LogP contribution >= 0.6 is 0 Å².